The highest BCUT2D eigenvalue weighted by Crippen LogP contribution is 2.29. The maximum Gasteiger partial charge on any atom is 0.126 e. The summed E-state index contributed by atoms with van der Waals surface area (Å²) in [4.78, 5) is 0. The summed E-state index contributed by atoms with van der Waals surface area (Å²) < 4.78 is 16.7. The van der Waals surface area contributed by atoms with Crippen LogP contribution in [-0.4, -0.2) is 15.1 Å². The second kappa shape index (κ2) is 6.18. The van der Waals surface area contributed by atoms with Gasteiger partial charge >= 0.3 is 0 Å². The molecule has 2 nitrogen and oxygen atoms in total. The van der Waals surface area contributed by atoms with E-state index in [0.717, 1.165) is 27.8 Å². The van der Waals surface area contributed by atoms with E-state index in [2.05, 4.69) is 37.0 Å². The van der Waals surface area contributed by atoms with Gasteiger partial charge in [0.25, 0.3) is 0 Å². The summed E-state index contributed by atoms with van der Waals surface area (Å²) in [5, 5.41) is 5.09. The highest BCUT2D eigenvalue weighted by atomic mass is 79.9. The second-order valence-electron chi connectivity index (χ2n) is 4.55. The van der Waals surface area contributed by atoms with E-state index in [1.165, 1.54) is 6.07 Å². The van der Waals surface area contributed by atoms with Gasteiger partial charge in [-0.15, -0.1) is 0 Å². The third-order valence-corrected chi connectivity index (χ3v) is 5.05. The molecule has 1 aromatic carbocycles. The van der Waals surface area contributed by atoms with Crippen LogP contribution in [0, 0.1) is 12.7 Å². The molecule has 0 amide bonds. The number of benzene rings is 1. The number of aromatic nitrogens is 2. The van der Waals surface area contributed by atoms with Crippen molar-refractivity contribution in [3.05, 3.63) is 51.5 Å². The zero-order chi connectivity index (χ0) is 14.0. The van der Waals surface area contributed by atoms with Crippen molar-refractivity contribution in [1.82, 2.24) is 9.78 Å². The minimum Gasteiger partial charge on any atom is -0.271 e. The quantitative estimate of drug-likeness (QED) is 0.710. The first kappa shape index (κ1) is 14.7. The first-order valence-corrected chi connectivity index (χ1v) is 7.94. The van der Waals surface area contributed by atoms with Crippen molar-refractivity contribution < 1.29 is 4.39 Å². The maximum absolute atomic E-state index is 13.9. The van der Waals surface area contributed by atoms with Gasteiger partial charge < -0.3 is 0 Å². The summed E-state index contributed by atoms with van der Waals surface area (Å²) in [5.41, 5.74) is 2.79. The summed E-state index contributed by atoms with van der Waals surface area (Å²) in [7, 11) is 1.92. The Morgan fingerprint density at radius 1 is 1.37 bits per heavy atom. The molecule has 19 heavy (non-hydrogen) atoms. The number of alkyl halides is 1. The molecule has 1 aromatic heterocycles. The molecule has 1 heterocycles. The smallest absolute Gasteiger partial charge is 0.126 e. The molecule has 5 heteroatoms. The van der Waals surface area contributed by atoms with Crippen LogP contribution in [0.3, 0.4) is 0 Å². The highest BCUT2D eigenvalue weighted by Gasteiger charge is 2.19. The van der Waals surface area contributed by atoms with Gasteiger partial charge in [-0.25, -0.2) is 4.39 Å². The molecule has 1 atom stereocenters. The maximum atomic E-state index is 13.9. The molecule has 1 unspecified atom stereocenters. The van der Waals surface area contributed by atoms with Crippen molar-refractivity contribution in [1.29, 1.82) is 0 Å². The molecule has 2 aromatic rings. The van der Waals surface area contributed by atoms with Crippen LogP contribution in [0.5, 0.6) is 0 Å². The van der Waals surface area contributed by atoms with Gasteiger partial charge in [-0.05, 0) is 40.9 Å². The van der Waals surface area contributed by atoms with Crippen LogP contribution >= 0.6 is 31.9 Å². The molecule has 0 fully saturated rings. The van der Waals surface area contributed by atoms with E-state index >= 15 is 0 Å². The Hall–Kier alpha value is -0.680. The largest absolute Gasteiger partial charge is 0.271 e. The lowest BCUT2D eigenvalue weighted by Gasteiger charge is -2.16. The lowest BCUT2D eigenvalue weighted by atomic mass is 9.95. The highest BCUT2D eigenvalue weighted by molar-refractivity contribution is 9.10. The zero-order valence-corrected chi connectivity index (χ0v) is 14.0. The summed E-state index contributed by atoms with van der Waals surface area (Å²) in [6.45, 7) is 1.96. The fraction of sp³-hybridized carbons (Fsp3) is 0.357. The van der Waals surface area contributed by atoms with Gasteiger partial charge in [0, 0.05) is 18.3 Å². The number of halogens is 3. The van der Waals surface area contributed by atoms with E-state index < -0.39 is 0 Å². The minimum atomic E-state index is -0.151. The van der Waals surface area contributed by atoms with E-state index in [4.69, 9.17) is 0 Å². The molecular weight excluding hydrogens is 375 g/mol. The van der Waals surface area contributed by atoms with E-state index in [9.17, 15) is 4.39 Å². The Bertz CT molecular complexity index is 581. The van der Waals surface area contributed by atoms with Crippen molar-refractivity contribution in [2.75, 3.05) is 5.33 Å². The van der Waals surface area contributed by atoms with Crippen molar-refractivity contribution in [3.63, 3.8) is 0 Å². The second-order valence-corrected chi connectivity index (χ2v) is 5.99. The van der Waals surface area contributed by atoms with Gasteiger partial charge in [0.2, 0.25) is 0 Å². The van der Waals surface area contributed by atoms with E-state index in [1.807, 2.05) is 30.8 Å². The number of aryl methyl sites for hydroxylation is 2. The normalized spacial score (nSPS) is 12.7. The van der Waals surface area contributed by atoms with Gasteiger partial charge in [0.1, 0.15) is 5.82 Å². The standard InChI is InChI=1S/C14H15Br2FN2/c1-9-14(16)13(19(2)18-9)7-10(8-15)11-5-3-4-6-12(11)17/h3-6,10H,7-8H2,1-2H3. The Balaban J connectivity index is 2.32. The topological polar surface area (TPSA) is 17.8 Å². The average molecular weight is 390 g/mol. The predicted molar refractivity (Wildman–Crippen MR) is 82.3 cm³/mol. The summed E-state index contributed by atoms with van der Waals surface area (Å²) in [5.74, 6) is -0.0609. The molecule has 0 spiro atoms. The van der Waals surface area contributed by atoms with Gasteiger partial charge in [-0.3, -0.25) is 4.68 Å². The van der Waals surface area contributed by atoms with Crippen LogP contribution < -0.4 is 0 Å². The number of hydrogen-bond donors (Lipinski definition) is 0. The van der Waals surface area contributed by atoms with Crippen LogP contribution in [0.2, 0.25) is 0 Å². The summed E-state index contributed by atoms with van der Waals surface area (Å²) in [6.07, 6.45) is 0.740. The monoisotopic (exact) mass is 388 g/mol. The van der Waals surface area contributed by atoms with Crippen molar-refractivity contribution >= 4 is 31.9 Å². The molecule has 0 saturated carbocycles. The Morgan fingerprint density at radius 3 is 2.58 bits per heavy atom. The zero-order valence-electron chi connectivity index (χ0n) is 10.8. The molecule has 0 aliphatic heterocycles. The van der Waals surface area contributed by atoms with Crippen molar-refractivity contribution in [2.45, 2.75) is 19.3 Å². The lowest BCUT2D eigenvalue weighted by Crippen LogP contribution is -2.10. The molecule has 0 saturated heterocycles. The van der Waals surface area contributed by atoms with Gasteiger partial charge in [0.15, 0.2) is 0 Å². The van der Waals surface area contributed by atoms with E-state index in [-0.39, 0.29) is 11.7 Å². The molecule has 0 N–H and O–H groups in total. The third-order valence-electron chi connectivity index (χ3n) is 3.23. The average Bonchev–Trinajstić information content (AvgIpc) is 2.63. The van der Waals surface area contributed by atoms with Crippen LogP contribution in [0.15, 0.2) is 28.7 Å². The predicted octanol–water partition coefficient (Wildman–Crippen LogP) is 4.35. The Morgan fingerprint density at radius 2 is 2.05 bits per heavy atom. The molecule has 0 radical (unpaired) electrons. The van der Waals surface area contributed by atoms with Crippen LogP contribution in [0.25, 0.3) is 0 Å². The molecule has 102 valence electrons. The SMILES string of the molecule is Cc1nn(C)c(CC(CBr)c2ccccc2F)c1Br. The van der Waals surface area contributed by atoms with E-state index in [1.54, 1.807) is 6.07 Å². The molecule has 0 aliphatic rings. The minimum absolute atomic E-state index is 0.0901. The first-order valence-electron chi connectivity index (χ1n) is 6.03. The molecular formula is C14H15Br2FN2. The van der Waals surface area contributed by atoms with Crippen LogP contribution in [0.4, 0.5) is 4.39 Å². The number of rotatable bonds is 4. The van der Waals surface area contributed by atoms with Crippen molar-refractivity contribution in [3.8, 4) is 0 Å². The fourth-order valence-electron chi connectivity index (χ4n) is 2.19. The van der Waals surface area contributed by atoms with E-state index in [0.29, 0.717) is 5.33 Å². The summed E-state index contributed by atoms with van der Waals surface area (Å²) in [6, 6.07) is 6.94. The Kier molecular flexibility index (Phi) is 4.79. The first-order chi connectivity index (χ1) is 9.04. The van der Waals surface area contributed by atoms with Crippen LogP contribution in [-0.2, 0) is 13.5 Å². The molecule has 0 bridgehead atoms. The van der Waals surface area contributed by atoms with Gasteiger partial charge in [-0.2, -0.15) is 5.10 Å². The van der Waals surface area contributed by atoms with Crippen molar-refractivity contribution in [2.24, 2.45) is 7.05 Å². The van der Waals surface area contributed by atoms with Gasteiger partial charge in [-0.1, -0.05) is 34.1 Å². The van der Waals surface area contributed by atoms with Gasteiger partial charge in [0.05, 0.1) is 15.9 Å². The molecule has 2 rings (SSSR count). The number of hydrogen-bond acceptors (Lipinski definition) is 1. The third kappa shape index (κ3) is 3.08. The lowest BCUT2D eigenvalue weighted by molar-refractivity contribution is 0.581. The summed E-state index contributed by atoms with van der Waals surface area (Å²) >= 11 is 7.05. The fourth-order valence-corrected chi connectivity index (χ4v) is 3.26. The molecule has 0 aliphatic carbocycles. The van der Waals surface area contributed by atoms with Crippen LogP contribution in [0.1, 0.15) is 22.9 Å². The number of nitrogens with zero attached hydrogens (tertiary/aromatic N) is 2. The Labute approximate surface area is 129 Å².